The van der Waals surface area contributed by atoms with E-state index in [0.29, 0.717) is 48.9 Å². The third-order valence-electron chi connectivity index (χ3n) is 8.99. The summed E-state index contributed by atoms with van der Waals surface area (Å²) in [5.74, 6) is 0.399. The maximum atomic E-state index is 14.9. The molecule has 0 aliphatic carbocycles. The predicted octanol–water partition coefficient (Wildman–Crippen LogP) is 6.45. The number of aromatic nitrogens is 4. The number of carbonyl (C=O) groups is 1. The minimum absolute atomic E-state index is 0.00819. The normalized spacial score (nSPS) is 18.3. The van der Waals surface area contributed by atoms with Crippen molar-refractivity contribution >= 4 is 11.8 Å². The number of carboxylic acids is 1. The van der Waals surface area contributed by atoms with Gasteiger partial charge in [-0.15, -0.1) is 0 Å². The third kappa shape index (κ3) is 7.25. The van der Waals surface area contributed by atoms with Gasteiger partial charge in [-0.3, -0.25) is 4.79 Å². The van der Waals surface area contributed by atoms with Crippen LogP contribution < -0.4 is 19.7 Å². The molecule has 0 bridgehead atoms. The number of nitrogens with zero attached hydrogens (tertiary/aromatic N) is 5. The Hall–Kier alpha value is -4.65. The number of halogens is 3. The van der Waals surface area contributed by atoms with Crippen LogP contribution in [-0.2, 0) is 4.79 Å². The van der Waals surface area contributed by atoms with E-state index < -0.39 is 24.3 Å². The highest BCUT2D eigenvalue weighted by molar-refractivity contribution is 5.74. The number of carboxylic acid groups (broad SMARTS) is 1. The van der Waals surface area contributed by atoms with Crippen molar-refractivity contribution in [1.82, 2.24) is 25.1 Å². The van der Waals surface area contributed by atoms with Crippen LogP contribution in [0.3, 0.4) is 0 Å². The molecule has 2 fully saturated rings. The van der Waals surface area contributed by atoms with Gasteiger partial charge in [0, 0.05) is 37.5 Å². The molecule has 4 heterocycles. The van der Waals surface area contributed by atoms with Gasteiger partial charge in [-0.25, -0.2) is 9.67 Å². The van der Waals surface area contributed by atoms with Gasteiger partial charge in [-0.2, -0.15) is 23.3 Å². The highest BCUT2D eigenvalue weighted by Gasteiger charge is 2.46. The van der Waals surface area contributed by atoms with Crippen LogP contribution in [0.2, 0.25) is 0 Å². The van der Waals surface area contributed by atoms with Crippen LogP contribution in [0.15, 0.2) is 60.8 Å². The van der Waals surface area contributed by atoms with Gasteiger partial charge in [-0.05, 0) is 87.8 Å². The summed E-state index contributed by atoms with van der Waals surface area (Å²) >= 11 is 0. The molecule has 2 aromatic carbocycles. The van der Waals surface area contributed by atoms with E-state index in [0.717, 1.165) is 18.4 Å². The van der Waals surface area contributed by atoms with Gasteiger partial charge in [0.15, 0.2) is 0 Å². The molecule has 48 heavy (non-hydrogen) atoms. The van der Waals surface area contributed by atoms with Crippen molar-refractivity contribution in [3.8, 4) is 28.4 Å². The van der Waals surface area contributed by atoms with Gasteiger partial charge in [0.1, 0.15) is 23.4 Å². The fraction of sp³-hybridized carbons (Fsp3) is 0.429. The second kappa shape index (κ2) is 13.1. The second-order valence-electron chi connectivity index (χ2n) is 13.0. The highest BCUT2D eigenvalue weighted by Crippen LogP contribution is 2.42. The van der Waals surface area contributed by atoms with Crippen LogP contribution in [-0.4, -0.2) is 68.8 Å². The maximum absolute atomic E-state index is 14.9. The van der Waals surface area contributed by atoms with Crippen LogP contribution in [0.25, 0.3) is 16.8 Å². The Bertz CT molecular complexity index is 1770. The first-order chi connectivity index (χ1) is 22.8. The van der Waals surface area contributed by atoms with E-state index in [1.54, 1.807) is 38.2 Å². The number of anilines is 1. The number of aliphatic carboxylic acids is 1. The molecule has 2 saturated heterocycles. The Morgan fingerprint density at radius 1 is 1.00 bits per heavy atom. The van der Waals surface area contributed by atoms with Crippen molar-refractivity contribution in [3.05, 3.63) is 77.9 Å². The molecule has 2 aliphatic rings. The van der Waals surface area contributed by atoms with E-state index in [-0.39, 0.29) is 34.5 Å². The van der Waals surface area contributed by atoms with Crippen LogP contribution >= 0.6 is 0 Å². The summed E-state index contributed by atoms with van der Waals surface area (Å²) in [5.41, 5.74) is 2.14. The van der Waals surface area contributed by atoms with Crippen LogP contribution in [0.1, 0.15) is 56.3 Å². The largest absolute Gasteiger partial charge is 0.491 e. The zero-order valence-electron chi connectivity index (χ0n) is 27.3. The smallest absolute Gasteiger partial charge is 0.429 e. The first-order valence-electron chi connectivity index (χ1n) is 16.0. The molecule has 10 nitrogen and oxygen atoms in total. The Morgan fingerprint density at radius 2 is 1.71 bits per heavy atom. The standard InChI is InChI=1S/C35H39F3N6O4/c1-21(2)47-26-8-5-24(6-9-26)25-7-10-27(29(17-25)44-14-11-22(3)42-44)32(35(36,37)38)48-31-18-30(40-23(4)41-31)43-15-12-34(13-16-43)19-28(33(45)46)39-20-34/h5-11,14,17-18,21,28,32,39H,12-13,15-16,19-20H2,1-4H3,(H,45,46)/t28?,32-/m1/s1. The predicted molar refractivity (Wildman–Crippen MR) is 174 cm³/mol. The summed E-state index contributed by atoms with van der Waals surface area (Å²) in [6, 6.07) is 14.7. The van der Waals surface area contributed by atoms with Gasteiger partial charge in [0.2, 0.25) is 12.0 Å². The topological polar surface area (TPSA) is 115 Å². The highest BCUT2D eigenvalue weighted by atomic mass is 19.4. The summed E-state index contributed by atoms with van der Waals surface area (Å²) in [7, 11) is 0. The Kier molecular flexibility index (Phi) is 9.08. The van der Waals surface area contributed by atoms with Crippen molar-refractivity contribution in [2.75, 3.05) is 24.5 Å². The van der Waals surface area contributed by atoms with Gasteiger partial charge < -0.3 is 24.8 Å². The molecule has 0 saturated carbocycles. The number of piperidine rings is 1. The molecule has 2 atom stereocenters. The molecular weight excluding hydrogens is 625 g/mol. The van der Waals surface area contributed by atoms with Crippen LogP contribution in [0.5, 0.6) is 11.6 Å². The number of rotatable bonds is 9. The van der Waals surface area contributed by atoms with Gasteiger partial charge in [0.05, 0.1) is 17.5 Å². The van der Waals surface area contributed by atoms with E-state index in [1.165, 1.54) is 16.8 Å². The minimum Gasteiger partial charge on any atom is -0.491 e. The van der Waals surface area contributed by atoms with Crippen molar-refractivity contribution < 1.29 is 32.5 Å². The molecule has 6 rings (SSSR count). The number of aryl methyl sites for hydroxylation is 2. The molecular formula is C35H39F3N6O4. The van der Waals surface area contributed by atoms with Crippen LogP contribution in [0, 0.1) is 19.3 Å². The minimum atomic E-state index is -4.79. The van der Waals surface area contributed by atoms with Crippen molar-refractivity contribution in [3.63, 3.8) is 0 Å². The number of hydrogen-bond acceptors (Lipinski definition) is 8. The summed E-state index contributed by atoms with van der Waals surface area (Å²) in [5, 5.41) is 16.9. The van der Waals surface area contributed by atoms with Crippen LogP contribution in [0.4, 0.5) is 19.0 Å². The Morgan fingerprint density at radius 3 is 2.31 bits per heavy atom. The maximum Gasteiger partial charge on any atom is 0.429 e. The second-order valence-corrected chi connectivity index (χ2v) is 13.0. The first-order valence-corrected chi connectivity index (χ1v) is 16.0. The number of alkyl halides is 3. The lowest BCUT2D eigenvalue weighted by molar-refractivity contribution is -0.198. The van der Waals surface area contributed by atoms with E-state index in [4.69, 9.17) is 9.47 Å². The molecule has 2 aromatic heterocycles. The molecule has 0 radical (unpaired) electrons. The molecule has 2 N–H and O–H groups in total. The van der Waals surface area contributed by atoms with Crippen molar-refractivity contribution in [2.24, 2.45) is 5.41 Å². The van der Waals surface area contributed by atoms with Crippen molar-refractivity contribution in [1.29, 1.82) is 0 Å². The number of hydrogen-bond donors (Lipinski definition) is 2. The average Bonchev–Trinajstić information content (AvgIpc) is 3.66. The summed E-state index contributed by atoms with van der Waals surface area (Å²) in [4.78, 5) is 22.2. The zero-order valence-corrected chi connectivity index (χ0v) is 27.3. The SMILES string of the molecule is Cc1ccn(-c2cc(-c3ccc(OC(C)C)cc3)ccc2[C@@H](Oc2cc(N3CCC4(CC3)CNC(C(=O)O)C4)nc(C)n2)C(F)(F)F)n1. The molecule has 1 spiro atoms. The molecule has 0 amide bonds. The molecule has 4 aromatic rings. The number of benzene rings is 2. The fourth-order valence-corrected chi connectivity index (χ4v) is 6.55. The monoisotopic (exact) mass is 664 g/mol. The molecule has 254 valence electrons. The van der Waals surface area contributed by atoms with E-state index in [2.05, 4.69) is 20.4 Å². The lowest BCUT2D eigenvalue weighted by Gasteiger charge is -2.39. The number of ether oxygens (including phenoxy) is 2. The summed E-state index contributed by atoms with van der Waals surface area (Å²) in [6.45, 7) is 9.05. The summed E-state index contributed by atoms with van der Waals surface area (Å²) in [6.07, 6.45) is -3.48. The lowest BCUT2D eigenvalue weighted by atomic mass is 9.76. The summed E-state index contributed by atoms with van der Waals surface area (Å²) < 4.78 is 57.6. The van der Waals surface area contributed by atoms with E-state index in [1.807, 2.05) is 43.0 Å². The van der Waals surface area contributed by atoms with E-state index in [9.17, 15) is 23.1 Å². The first kappa shape index (κ1) is 33.3. The van der Waals surface area contributed by atoms with Gasteiger partial charge >= 0.3 is 12.1 Å². The quantitative estimate of drug-likeness (QED) is 0.208. The van der Waals surface area contributed by atoms with Crippen molar-refractivity contribution in [2.45, 2.75) is 71.4 Å². The third-order valence-corrected chi connectivity index (χ3v) is 8.99. The molecule has 1 unspecified atom stereocenters. The fourth-order valence-electron chi connectivity index (χ4n) is 6.55. The van der Waals surface area contributed by atoms with Gasteiger partial charge in [0.25, 0.3) is 0 Å². The molecule has 2 aliphatic heterocycles. The lowest BCUT2D eigenvalue weighted by Crippen LogP contribution is -2.41. The van der Waals surface area contributed by atoms with Gasteiger partial charge in [-0.1, -0.05) is 24.3 Å². The number of nitrogens with one attached hydrogen (secondary N) is 1. The Balaban J connectivity index is 1.29. The van der Waals surface area contributed by atoms with E-state index >= 15 is 0 Å². The zero-order chi connectivity index (χ0) is 34.2. The average molecular weight is 665 g/mol. The Labute approximate surface area is 276 Å². The molecule has 13 heteroatoms.